The number of hydrogen-bond acceptors (Lipinski definition) is 5. The van der Waals surface area contributed by atoms with Crippen LogP contribution in [0.15, 0.2) is 39.5 Å². The van der Waals surface area contributed by atoms with Crippen molar-refractivity contribution in [2.75, 3.05) is 7.11 Å². The first-order chi connectivity index (χ1) is 9.11. The van der Waals surface area contributed by atoms with E-state index in [-0.39, 0.29) is 44.6 Å². The zero-order valence-corrected chi connectivity index (χ0v) is 10.0. The van der Waals surface area contributed by atoms with Gasteiger partial charge in [-0.05, 0) is 18.2 Å². The molecule has 0 aliphatic carbocycles. The van der Waals surface area contributed by atoms with Crippen LogP contribution < -0.4 is 10.2 Å². The molecule has 0 bridgehead atoms. The van der Waals surface area contributed by atoms with Crippen LogP contribution >= 0.6 is 0 Å². The Labute approximate surface area is 107 Å². The van der Waals surface area contributed by atoms with Crippen molar-refractivity contribution in [3.05, 3.63) is 40.6 Å². The molecule has 3 aromatic rings. The molecule has 2 N–H and O–H groups in total. The number of aromatic hydroxyl groups is 2. The maximum absolute atomic E-state index is 12.3. The first kappa shape index (κ1) is 11.4. The van der Waals surface area contributed by atoms with Crippen LogP contribution in [-0.4, -0.2) is 17.3 Å². The number of fused-ring (bicyclic) bond motifs is 2. The maximum atomic E-state index is 12.3. The molecular formula is C14H10O5. The van der Waals surface area contributed by atoms with Gasteiger partial charge in [0.1, 0.15) is 22.3 Å². The molecule has 0 amide bonds. The molecule has 96 valence electrons. The summed E-state index contributed by atoms with van der Waals surface area (Å²) in [5.41, 5.74) is 0.135. The van der Waals surface area contributed by atoms with E-state index in [0.717, 1.165) is 0 Å². The van der Waals surface area contributed by atoms with Crippen LogP contribution in [0.3, 0.4) is 0 Å². The third-order valence-electron chi connectivity index (χ3n) is 2.98. The van der Waals surface area contributed by atoms with Crippen molar-refractivity contribution in [2.24, 2.45) is 0 Å². The smallest absolute Gasteiger partial charge is 0.204 e. The van der Waals surface area contributed by atoms with Gasteiger partial charge in [-0.15, -0.1) is 0 Å². The Balaban J connectivity index is 2.55. The molecule has 0 aliphatic rings. The van der Waals surface area contributed by atoms with Gasteiger partial charge in [0.25, 0.3) is 0 Å². The highest BCUT2D eigenvalue weighted by Gasteiger charge is 2.14. The lowest BCUT2D eigenvalue weighted by Crippen LogP contribution is -2.02. The van der Waals surface area contributed by atoms with Crippen molar-refractivity contribution in [3.8, 4) is 17.2 Å². The fourth-order valence-electron chi connectivity index (χ4n) is 2.06. The molecule has 0 atom stereocenters. The predicted octanol–water partition coefficient (Wildman–Crippen LogP) is 2.37. The highest BCUT2D eigenvalue weighted by molar-refractivity contribution is 5.94. The van der Waals surface area contributed by atoms with E-state index in [1.165, 1.54) is 25.3 Å². The molecule has 0 aliphatic heterocycles. The summed E-state index contributed by atoms with van der Waals surface area (Å²) < 4.78 is 10.5. The minimum absolute atomic E-state index is 0.113. The van der Waals surface area contributed by atoms with Crippen LogP contribution in [0.2, 0.25) is 0 Å². The maximum Gasteiger partial charge on any atom is 0.204 e. The summed E-state index contributed by atoms with van der Waals surface area (Å²) >= 11 is 0. The van der Waals surface area contributed by atoms with Gasteiger partial charge < -0.3 is 19.4 Å². The Hall–Kier alpha value is -2.69. The summed E-state index contributed by atoms with van der Waals surface area (Å²) in [4.78, 5) is 12.3. The van der Waals surface area contributed by atoms with Crippen LogP contribution in [0.25, 0.3) is 21.9 Å². The molecule has 0 saturated carbocycles. The minimum Gasteiger partial charge on any atom is -0.507 e. The standard InChI is InChI=1S/C14H10O5/c1-18-12-5-7-11(6-9(12)16)19-10-4-2-3-8(15)13(10)14(7)17/h2-6,15-16H,1H3. The lowest BCUT2D eigenvalue weighted by atomic mass is 10.1. The number of rotatable bonds is 1. The van der Waals surface area contributed by atoms with Gasteiger partial charge in [0.2, 0.25) is 5.43 Å². The third-order valence-corrected chi connectivity index (χ3v) is 2.98. The van der Waals surface area contributed by atoms with Gasteiger partial charge >= 0.3 is 0 Å². The van der Waals surface area contributed by atoms with Crippen LogP contribution in [0, 0.1) is 0 Å². The van der Waals surface area contributed by atoms with E-state index >= 15 is 0 Å². The SMILES string of the molecule is COc1cc2c(=O)c3c(O)cccc3oc2cc1O. The highest BCUT2D eigenvalue weighted by Crippen LogP contribution is 2.32. The molecule has 0 fully saturated rings. The third kappa shape index (κ3) is 1.59. The average molecular weight is 258 g/mol. The second kappa shape index (κ2) is 3.91. The Morgan fingerprint density at radius 3 is 2.63 bits per heavy atom. The normalized spacial score (nSPS) is 11.0. The van der Waals surface area contributed by atoms with E-state index in [9.17, 15) is 15.0 Å². The molecule has 0 unspecified atom stereocenters. The monoisotopic (exact) mass is 258 g/mol. The zero-order chi connectivity index (χ0) is 13.6. The lowest BCUT2D eigenvalue weighted by molar-refractivity contribution is 0.374. The van der Waals surface area contributed by atoms with E-state index < -0.39 is 0 Å². The molecular weight excluding hydrogens is 248 g/mol. The summed E-state index contributed by atoms with van der Waals surface area (Å²) in [6, 6.07) is 7.29. The van der Waals surface area contributed by atoms with Crippen LogP contribution in [0.1, 0.15) is 0 Å². The van der Waals surface area contributed by atoms with Gasteiger partial charge in [-0.25, -0.2) is 0 Å². The second-order valence-electron chi connectivity index (χ2n) is 4.10. The van der Waals surface area contributed by atoms with Gasteiger partial charge in [-0.3, -0.25) is 4.79 Å². The fourth-order valence-corrected chi connectivity index (χ4v) is 2.06. The Kier molecular flexibility index (Phi) is 2.35. The molecule has 3 rings (SSSR count). The van der Waals surface area contributed by atoms with Crippen molar-refractivity contribution in [3.63, 3.8) is 0 Å². The summed E-state index contributed by atoms with van der Waals surface area (Å²) in [6.07, 6.45) is 0. The number of phenols is 2. The average Bonchev–Trinajstić information content (AvgIpc) is 2.38. The van der Waals surface area contributed by atoms with Gasteiger partial charge in [0.15, 0.2) is 11.5 Å². The molecule has 5 nitrogen and oxygen atoms in total. The fraction of sp³-hybridized carbons (Fsp3) is 0.0714. The van der Waals surface area contributed by atoms with E-state index in [1.807, 2.05) is 0 Å². The van der Waals surface area contributed by atoms with Crippen LogP contribution in [0.5, 0.6) is 17.2 Å². The first-order valence-corrected chi connectivity index (χ1v) is 5.57. The van der Waals surface area contributed by atoms with E-state index in [2.05, 4.69) is 0 Å². The topological polar surface area (TPSA) is 79.9 Å². The van der Waals surface area contributed by atoms with Gasteiger partial charge in [-0.2, -0.15) is 0 Å². The predicted molar refractivity (Wildman–Crippen MR) is 69.9 cm³/mol. The number of benzene rings is 2. The quantitative estimate of drug-likeness (QED) is 0.655. The molecule has 1 heterocycles. The summed E-state index contributed by atoms with van der Waals surface area (Å²) in [6.45, 7) is 0. The molecule has 0 radical (unpaired) electrons. The molecule has 0 spiro atoms. The Morgan fingerprint density at radius 2 is 1.89 bits per heavy atom. The van der Waals surface area contributed by atoms with E-state index in [1.54, 1.807) is 12.1 Å². The number of hydrogen-bond donors (Lipinski definition) is 2. The minimum atomic E-state index is -0.368. The van der Waals surface area contributed by atoms with Crippen LogP contribution in [0.4, 0.5) is 0 Å². The van der Waals surface area contributed by atoms with Gasteiger partial charge in [0, 0.05) is 6.07 Å². The molecule has 5 heteroatoms. The summed E-state index contributed by atoms with van der Waals surface area (Å²) in [5.74, 6) is -0.0765. The second-order valence-corrected chi connectivity index (χ2v) is 4.10. The summed E-state index contributed by atoms with van der Waals surface area (Å²) in [5, 5.41) is 19.8. The van der Waals surface area contributed by atoms with Crippen molar-refractivity contribution in [1.82, 2.24) is 0 Å². The number of methoxy groups -OCH3 is 1. The number of phenolic OH excluding ortho intramolecular Hbond substituents is 2. The van der Waals surface area contributed by atoms with Crippen LogP contribution in [-0.2, 0) is 0 Å². The van der Waals surface area contributed by atoms with Crippen molar-refractivity contribution < 1.29 is 19.4 Å². The van der Waals surface area contributed by atoms with E-state index in [4.69, 9.17) is 9.15 Å². The Morgan fingerprint density at radius 1 is 1.11 bits per heavy atom. The van der Waals surface area contributed by atoms with Crippen molar-refractivity contribution >= 4 is 21.9 Å². The van der Waals surface area contributed by atoms with Crippen molar-refractivity contribution in [1.29, 1.82) is 0 Å². The number of ether oxygens (including phenoxy) is 1. The lowest BCUT2D eigenvalue weighted by Gasteiger charge is -2.06. The van der Waals surface area contributed by atoms with E-state index in [0.29, 0.717) is 0 Å². The Bertz CT molecular complexity index is 848. The molecule has 19 heavy (non-hydrogen) atoms. The molecule has 0 saturated heterocycles. The van der Waals surface area contributed by atoms with Gasteiger partial charge in [-0.1, -0.05) is 6.07 Å². The first-order valence-electron chi connectivity index (χ1n) is 5.57. The largest absolute Gasteiger partial charge is 0.507 e. The zero-order valence-electron chi connectivity index (χ0n) is 10.0. The summed E-state index contributed by atoms with van der Waals surface area (Å²) in [7, 11) is 1.39. The molecule has 1 aromatic heterocycles. The highest BCUT2D eigenvalue weighted by atomic mass is 16.5. The van der Waals surface area contributed by atoms with Gasteiger partial charge in [0.05, 0.1) is 12.5 Å². The van der Waals surface area contributed by atoms with Crippen molar-refractivity contribution in [2.45, 2.75) is 0 Å². The molecule has 2 aromatic carbocycles.